The van der Waals surface area contributed by atoms with Gasteiger partial charge in [-0.05, 0) is 38.3 Å². The van der Waals surface area contributed by atoms with Gasteiger partial charge in [0.2, 0.25) is 0 Å². The van der Waals surface area contributed by atoms with E-state index in [1.165, 1.54) is 11.1 Å². The van der Waals surface area contributed by atoms with E-state index in [4.69, 9.17) is 0 Å². The van der Waals surface area contributed by atoms with Crippen LogP contribution in [-0.4, -0.2) is 29.1 Å². The van der Waals surface area contributed by atoms with Gasteiger partial charge in [0.1, 0.15) is 0 Å². The molecule has 0 spiro atoms. The molecule has 1 heterocycles. The number of aliphatic hydroxyl groups excluding tert-OH is 1. The third-order valence-electron chi connectivity index (χ3n) is 3.47. The maximum atomic E-state index is 10.2. The fourth-order valence-electron chi connectivity index (χ4n) is 2.40. The standard InChI is InChI=1S/C14H21NO/c1-10(2)15-7-6-12-5-4-11(3)8-13(12)14(16)9-15/h4-5,8,10,14,16H,6-7,9H2,1-3H3. The molecule has 16 heavy (non-hydrogen) atoms. The van der Waals surface area contributed by atoms with E-state index in [2.05, 4.69) is 43.9 Å². The van der Waals surface area contributed by atoms with Crippen LogP contribution in [0.25, 0.3) is 0 Å². The number of fused-ring (bicyclic) bond motifs is 1. The predicted molar refractivity (Wildman–Crippen MR) is 66.6 cm³/mol. The molecular weight excluding hydrogens is 198 g/mol. The highest BCUT2D eigenvalue weighted by Gasteiger charge is 2.22. The monoisotopic (exact) mass is 219 g/mol. The molecule has 2 rings (SSSR count). The van der Waals surface area contributed by atoms with E-state index in [-0.39, 0.29) is 6.10 Å². The van der Waals surface area contributed by atoms with Gasteiger partial charge in [-0.3, -0.25) is 4.90 Å². The lowest BCUT2D eigenvalue weighted by atomic mass is 9.99. The second-order valence-electron chi connectivity index (χ2n) is 5.06. The van der Waals surface area contributed by atoms with E-state index >= 15 is 0 Å². The SMILES string of the molecule is Cc1ccc2c(c1)C(O)CN(C(C)C)CC2. The van der Waals surface area contributed by atoms with Crippen molar-refractivity contribution in [3.8, 4) is 0 Å². The van der Waals surface area contributed by atoms with Gasteiger partial charge in [-0.2, -0.15) is 0 Å². The average molecular weight is 219 g/mol. The first-order valence-corrected chi connectivity index (χ1v) is 6.09. The van der Waals surface area contributed by atoms with Crippen molar-refractivity contribution < 1.29 is 5.11 Å². The summed E-state index contributed by atoms with van der Waals surface area (Å²) in [5.41, 5.74) is 3.67. The summed E-state index contributed by atoms with van der Waals surface area (Å²) < 4.78 is 0. The molecule has 1 aromatic rings. The molecule has 1 unspecified atom stereocenters. The number of hydrogen-bond acceptors (Lipinski definition) is 2. The van der Waals surface area contributed by atoms with Gasteiger partial charge in [-0.15, -0.1) is 0 Å². The minimum atomic E-state index is -0.334. The molecule has 0 saturated carbocycles. The van der Waals surface area contributed by atoms with Crippen molar-refractivity contribution in [2.75, 3.05) is 13.1 Å². The predicted octanol–water partition coefficient (Wildman–Crippen LogP) is 2.29. The lowest BCUT2D eigenvalue weighted by molar-refractivity contribution is 0.103. The maximum Gasteiger partial charge on any atom is 0.0919 e. The highest BCUT2D eigenvalue weighted by atomic mass is 16.3. The lowest BCUT2D eigenvalue weighted by Crippen LogP contribution is -2.34. The molecule has 0 saturated heterocycles. The Balaban J connectivity index is 2.28. The topological polar surface area (TPSA) is 23.5 Å². The molecule has 0 aromatic heterocycles. The van der Waals surface area contributed by atoms with Crippen molar-refractivity contribution in [2.24, 2.45) is 0 Å². The van der Waals surface area contributed by atoms with Gasteiger partial charge in [-0.25, -0.2) is 0 Å². The zero-order chi connectivity index (χ0) is 11.7. The van der Waals surface area contributed by atoms with Gasteiger partial charge in [0, 0.05) is 19.1 Å². The van der Waals surface area contributed by atoms with Gasteiger partial charge in [-0.1, -0.05) is 23.8 Å². The van der Waals surface area contributed by atoms with Crippen LogP contribution in [0.5, 0.6) is 0 Å². The molecule has 2 nitrogen and oxygen atoms in total. The molecule has 1 aliphatic heterocycles. The van der Waals surface area contributed by atoms with E-state index in [0.717, 1.165) is 25.1 Å². The quantitative estimate of drug-likeness (QED) is 0.783. The van der Waals surface area contributed by atoms with Crippen molar-refractivity contribution in [3.63, 3.8) is 0 Å². The van der Waals surface area contributed by atoms with E-state index in [1.807, 2.05) is 0 Å². The summed E-state index contributed by atoms with van der Waals surface area (Å²) in [5, 5.41) is 10.2. The Morgan fingerprint density at radius 3 is 2.81 bits per heavy atom. The second kappa shape index (κ2) is 4.56. The van der Waals surface area contributed by atoms with Crippen molar-refractivity contribution in [1.82, 2.24) is 4.90 Å². The maximum absolute atomic E-state index is 10.2. The summed E-state index contributed by atoms with van der Waals surface area (Å²) in [6.45, 7) is 8.26. The lowest BCUT2D eigenvalue weighted by Gasteiger charge is -2.25. The first-order chi connectivity index (χ1) is 7.58. The van der Waals surface area contributed by atoms with E-state index in [1.54, 1.807) is 0 Å². The van der Waals surface area contributed by atoms with Gasteiger partial charge >= 0.3 is 0 Å². The zero-order valence-electron chi connectivity index (χ0n) is 10.4. The van der Waals surface area contributed by atoms with Crippen LogP contribution in [0.3, 0.4) is 0 Å². The van der Waals surface area contributed by atoms with Crippen LogP contribution in [-0.2, 0) is 6.42 Å². The Hall–Kier alpha value is -0.860. The van der Waals surface area contributed by atoms with Crippen LogP contribution in [0.1, 0.15) is 36.6 Å². The van der Waals surface area contributed by atoms with Crippen LogP contribution in [0.4, 0.5) is 0 Å². The highest BCUT2D eigenvalue weighted by Crippen LogP contribution is 2.25. The molecule has 2 heteroatoms. The average Bonchev–Trinajstić information content (AvgIpc) is 2.39. The minimum absolute atomic E-state index is 0.334. The van der Waals surface area contributed by atoms with Crippen LogP contribution < -0.4 is 0 Å². The molecule has 0 fully saturated rings. The fraction of sp³-hybridized carbons (Fsp3) is 0.571. The fourth-order valence-corrected chi connectivity index (χ4v) is 2.40. The normalized spacial score (nSPS) is 21.9. The van der Waals surface area contributed by atoms with Crippen LogP contribution in [0.2, 0.25) is 0 Å². The third kappa shape index (κ3) is 2.28. The molecule has 0 bridgehead atoms. The molecule has 1 N–H and O–H groups in total. The van der Waals surface area contributed by atoms with E-state index in [0.29, 0.717) is 6.04 Å². The van der Waals surface area contributed by atoms with Crippen molar-refractivity contribution in [2.45, 2.75) is 39.3 Å². The summed E-state index contributed by atoms with van der Waals surface area (Å²) in [7, 11) is 0. The Labute approximate surface area is 97.9 Å². The van der Waals surface area contributed by atoms with Crippen molar-refractivity contribution in [1.29, 1.82) is 0 Å². The van der Waals surface area contributed by atoms with Gasteiger partial charge < -0.3 is 5.11 Å². The number of hydrogen-bond donors (Lipinski definition) is 1. The van der Waals surface area contributed by atoms with E-state index in [9.17, 15) is 5.11 Å². The first kappa shape index (κ1) is 11.6. The van der Waals surface area contributed by atoms with Gasteiger partial charge in [0.25, 0.3) is 0 Å². The Morgan fingerprint density at radius 1 is 1.38 bits per heavy atom. The second-order valence-corrected chi connectivity index (χ2v) is 5.06. The first-order valence-electron chi connectivity index (χ1n) is 6.09. The van der Waals surface area contributed by atoms with Gasteiger partial charge in [0.15, 0.2) is 0 Å². The Morgan fingerprint density at radius 2 is 2.12 bits per heavy atom. The summed E-state index contributed by atoms with van der Waals surface area (Å²) in [5.74, 6) is 0. The molecule has 0 amide bonds. The van der Waals surface area contributed by atoms with Crippen LogP contribution >= 0.6 is 0 Å². The number of rotatable bonds is 1. The largest absolute Gasteiger partial charge is 0.387 e. The number of aliphatic hydroxyl groups is 1. The number of benzene rings is 1. The zero-order valence-corrected chi connectivity index (χ0v) is 10.4. The summed E-state index contributed by atoms with van der Waals surface area (Å²) in [4.78, 5) is 2.35. The molecular formula is C14H21NO. The molecule has 0 radical (unpaired) electrons. The Bertz CT molecular complexity index is 373. The van der Waals surface area contributed by atoms with Crippen molar-refractivity contribution >= 4 is 0 Å². The smallest absolute Gasteiger partial charge is 0.0919 e. The van der Waals surface area contributed by atoms with Gasteiger partial charge in [0.05, 0.1) is 6.10 Å². The van der Waals surface area contributed by atoms with E-state index < -0.39 is 0 Å². The molecule has 1 atom stereocenters. The number of aryl methyl sites for hydroxylation is 1. The summed E-state index contributed by atoms with van der Waals surface area (Å²) in [6, 6.07) is 6.93. The highest BCUT2D eigenvalue weighted by molar-refractivity contribution is 5.34. The molecule has 88 valence electrons. The van der Waals surface area contributed by atoms with Crippen LogP contribution in [0, 0.1) is 6.92 Å². The van der Waals surface area contributed by atoms with Crippen LogP contribution in [0.15, 0.2) is 18.2 Å². The third-order valence-corrected chi connectivity index (χ3v) is 3.47. The minimum Gasteiger partial charge on any atom is -0.387 e. The summed E-state index contributed by atoms with van der Waals surface area (Å²) >= 11 is 0. The van der Waals surface area contributed by atoms with Crippen molar-refractivity contribution in [3.05, 3.63) is 34.9 Å². The molecule has 1 aromatic carbocycles. The Kier molecular flexibility index (Phi) is 3.31. The number of β-amino-alcohol motifs (C(OH)–C–C–N with tert-alkyl or cyclic N) is 1. The molecule has 0 aliphatic carbocycles. The molecule has 1 aliphatic rings. The number of nitrogens with zero attached hydrogens (tertiary/aromatic N) is 1. The summed E-state index contributed by atoms with van der Waals surface area (Å²) in [6.07, 6.45) is 0.713.